The minimum atomic E-state index is 0.413. The van der Waals surface area contributed by atoms with Crippen molar-refractivity contribution in [1.82, 2.24) is 5.32 Å². The van der Waals surface area contributed by atoms with Gasteiger partial charge in [0.2, 0.25) is 0 Å². The summed E-state index contributed by atoms with van der Waals surface area (Å²) in [6.45, 7) is 11.2. The largest absolute Gasteiger partial charge is 0.493 e. The van der Waals surface area contributed by atoms with Crippen LogP contribution in [0, 0.1) is 0 Å². The van der Waals surface area contributed by atoms with Gasteiger partial charge in [0.05, 0.1) is 6.61 Å². The number of nitrogens with one attached hydrogen (secondary N) is 1. The van der Waals surface area contributed by atoms with Crippen LogP contribution in [0.5, 0.6) is 5.75 Å². The van der Waals surface area contributed by atoms with Gasteiger partial charge in [-0.2, -0.15) is 0 Å². The van der Waals surface area contributed by atoms with Crippen molar-refractivity contribution in [3.05, 3.63) is 28.3 Å². The zero-order valence-corrected chi connectivity index (χ0v) is 13.3. The lowest BCUT2D eigenvalue weighted by Crippen LogP contribution is -2.14. The van der Waals surface area contributed by atoms with Crippen LogP contribution in [-0.2, 0) is 6.54 Å². The van der Waals surface area contributed by atoms with Gasteiger partial charge >= 0.3 is 0 Å². The third kappa shape index (κ3) is 5.04. The van der Waals surface area contributed by atoms with Crippen molar-refractivity contribution in [2.75, 3.05) is 13.2 Å². The molecule has 0 unspecified atom stereocenters. The monoisotopic (exact) mass is 283 g/mol. The van der Waals surface area contributed by atoms with Gasteiger partial charge in [-0.1, -0.05) is 45.7 Å². The van der Waals surface area contributed by atoms with Crippen molar-refractivity contribution in [2.45, 2.75) is 53.0 Å². The quantitative estimate of drug-likeness (QED) is 0.695. The van der Waals surface area contributed by atoms with E-state index in [0.29, 0.717) is 5.92 Å². The predicted octanol–water partition coefficient (Wildman–Crippen LogP) is 4.75. The second-order valence-electron chi connectivity index (χ2n) is 5.12. The topological polar surface area (TPSA) is 21.3 Å². The van der Waals surface area contributed by atoms with E-state index >= 15 is 0 Å². The molecule has 108 valence electrons. The molecule has 0 atom stereocenters. The summed E-state index contributed by atoms with van der Waals surface area (Å²) >= 11 is 6.22. The number of unbranched alkanes of at least 4 members (excludes halogenated alkanes) is 1. The van der Waals surface area contributed by atoms with E-state index in [1.807, 2.05) is 12.1 Å². The van der Waals surface area contributed by atoms with Crippen LogP contribution in [-0.4, -0.2) is 13.2 Å². The molecule has 1 N–H and O–H groups in total. The first kappa shape index (κ1) is 16.3. The maximum absolute atomic E-state index is 6.22. The summed E-state index contributed by atoms with van der Waals surface area (Å²) in [6.07, 6.45) is 2.23. The van der Waals surface area contributed by atoms with Crippen molar-refractivity contribution in [3.8, 4) is 5.75 Å². The van der Waals surface area contributed by atoms with E-state index in [4.69, 9.17) is 16.3 Å². The fourth-order valence-electron chi connectivity index (χ4n) is 1.99. The second kappa shape index (κ2) is 8.44. The second-order valence-corrected chi connectivity index (χ2v) is 5.56. The van der Waals surface area contributed by atoms with Crippen LogP contribution in [0.3, 0.4) is 0 Å². The van der Waals surface area contributed by atoms with Crippen LogP contribution in [0.15, 0.2) is 12.1 Å². The van der Waals surface area contributed by atoms with Crippen molar-refractivity contribution in [2.24, 2.45) is 0 Å². The molecule has 0 aliphatic heterocycles. The molecule has 0 amide bonds. The Bertz CT molecular complexity index is 391. The molecule has 1 aromatic carbocycles. The highest BCUT2D eigenvalue weighted by molar-refractivity contribution is 6.30. The van der Waals surface area contributed by atoms with E-state index in [1.165, 1.54) is 5.56 Å². The Balaban J connectivity index is 3.03. The van der Waals surface area contributed by atoms with E-state index in [-0.39, 0.29) is 0 Å². The molecular formula is C16H26ClNO. The first-order valence-corrected chi connectivity index (χ1v) is 7.63. The van der Waals surface area contributed by atoms with E-state index < -0.39 is 0 Å². The van der Waals surface area contributed by atoms with Gasteiger partial charge in [0.1, 0.15) is 5.75 Å². The van der Waals surface area contributed by atoms with Crippen molar-refractivity contribution in [3.63, 3.8) is 0 Å². The molecule has 1 aromatic rings. The van der Waals surface area contributed by atoms with Gasteiger partial charge in [-0.05, 0) is 36.6 Å². The minimum Gasteiger partial charge on any atom is -0.493 e. The molecule has 0 spiro atoms. The molecule has 0 heterocycles. The fraction of sp³-hybridized carbons (Fsp3) is 0.625. The fourth-order valence-corrected chi connectivity index (χ4v) is 2.24. The molecular weight excluding hydrogens is 258 g/mol. The summed E-state index contributed by atoms with van der Waals surface area (Å²) in [5.74, 6) is 1.43. The molecule has 2 nitrogen and oxygen atoms in total. The maximum atomic E-state index is 6.22. The number of benzene rings is 1. The van der Waals surface area contributed by atoms with Crippen molar-refractivity contribution >= 4 is 11.6 Å². The lowest BCUT2D eigenvalue weighted by molar-refractivity contribution is 0.301. The Kier molecular flexibility index (Phi) is 7.25. The average Bonchev–Trinajstić information content (AvgIpc) is 2.37. The summed E-state index contributed by atoms with van der Waals surface area (Å²) in [4.78, 5) is 0. The third-order valence-electron chi connectivity index (χ3n) is 3.09. The first-order valence-electron chi connectivity index (χ1n) is 7.25. The zero-order chi connectivity index (χ0) is 14.3. The molecule has 0 fully saturated rings. The van der Waals surface area contributed by atoms with Gasteiger partial charge in [0, 0.05) is 17.1 Å². The SMILES string of the molecule is CCCCOc1c(CNCC)cc(Cl)cc1C(C)C. The van der Waals surface area contributed by atoms with Gasteiger partial charge in [0.25, 0.3) is 0 Å². The maximum Gasteiger partial charge on any atom is 0.127 e. The van der Waals surface area contributed by atoms with Crippen LogP contribution < -0.4 is 10.1 Å². The van der Waals surface area contributed by atoms with E-state index in [1.54, 1.807) is 0 Å². The molecule has 19 heavy (non-hydrogen) atoms. The highest BCUT2D eigenvalue weighted by atomic mass is 35.5. The van der Waals surface area contributed by atoms with Gasteiger partial charge < -0.3 is 10.1 Å². The molecule has 0 aromatic heterocycles. The van der Waals surface area contributed by atoms with E-state index in [9.17, 15) is 0 Å². The number of rotatable bonds is 8. The summed E-state index contributed by atoms with van der Waals surface area (Å²) in [5.41, 5.74) is 2.37. The Morgan fingerprint density at radius 2 is 2.00 bits per heavy atom. The van der Waals surface area contributed by atoms with Crippen LogP contribution in [0.1, 0.15) is 57.6 Å². The molecule has 3 heteroatoms. The summed E-state index contributed by atoms with van der Waals surface area (Å²) in [6, 6.07) is 4.04. The summed E-state index contributed by atoms with van der Waals surface area (Å²) in [5, 5.41) is 4.14. The van der Waals surface area contributed by atoms with Gasteiger partial charge in [-0.3, -0.25) is 0 Å². The van der Waals surface area contributed by atoms with Crippen LogP contribution in [0.4, 0.5) is 0 Å². The minimum absolute atomic E-state index is 0.413. The zero-order valence-electron chi connectivity index (χ0n) is 12.6. The smallest absolute Gasteiger partial charge is 0.127 e. The Morgan fingerprint density at radius 3 is 2.58 bits per heavy atom. The lowest BCUT2D eigenvalue weighted by atomic mass is 9.99. The standard InChI is InChI=1S/C16H26ClNO/c1-5-7-8-19-16-13(11-18-6-2)9-14(17)10-15(16)12(3)4/h9-10,12,18H,5-8,11H2,1-4H3. The Labute approximate surface area is 122 Å². The number of halogens is 1. The van der Waals surface area contributed by atoms with Gasteiger partial charge in [0.15, 0.2) is 0 Å². The Hall–Kier alpha value is -0.730. The highest BCUT2D eigenvalue weighted by Gasteiger charge is 2.14. The molecule has 0 radical (unpaired) electrons. The Morgan fingerprint density at radius 1 is 1.26 bits per heavy atom. The molecule has 0 saturated heterocycles. The number of hydrogen-bond acceptors (Lipinski definition) is 2. The average molecular weight is 284 g/mol. The molecule has 0 aliphatic carbocycles. The molecule has 0 bridgehead atoms. The predicted molar refractivity (Wildman–Crippen MR) is 83.3 cm³/mol. The van der Waals surface area contributed by atoms with E-state index in [2.05, 4.69) is 33.0 Å². The first-order chi connectivity index (χ1) is 9.10. The molecule has 1 rings (SSSR count). The highest BCUT2D eigenvalue weighted by Crippen LogP contribution is 2.33. The van der Waals surface area contributed by atoms with Crippen LogP contribution in [0.2, 0.25) is 5.02 Å². The van der Waals surface area contributed by atoms with E-state index in [0.717, 1.165) is 48.9 Å². The third-order valence-corrected chi connectivity index (χ3v) is 3.31. The van der Waals surface area contributed by atoms with Crippen LogP contribution in [0.25, 0.3) is 0 Å². The number of ether oxygens (including phenoxy) is 1. The van der Waals surface area contributed by atoms with Gasteiger partial charge in [-0.15, -0.1) is 0 Å². The normalized spacial score (nSPS) is 11.1. The number of hydrogen-bond donors (Lipinski definition) is 1. The molecule has 0 saturated carbocycles. The van der Waals surface area contributed by atoms with Crippen molar-refractivity contribution < 1.29 is 4.74 Å². The molecule has 0 aliphatic rings. The lowest BCUT2D eigenvalue weighted by Gasteiger charge is -2.19. The summed E-state index contributed by atoms with van der Waals surface area (Å²) in [7, 11) is 0. The summed E-state index contributed by atoms with van der Waals surface area (Å²) < 4.78 is 6.02. The van der Waals surface area contributed by atoms with Crippen molar-refractivity contribution in [1.29, 1.82) is 0 Å². The van der Waals surface area contributed by atoms with Gasteiger partial charge in [-0.25, -0.2) is 0 Å². The van der Waals surface area contributed by atoms with Crippen LogP contribution >= 0.6 is 11.6 Å².